The number of carbonyl (C=O) groups is 1. The summed E-state index contributed by atoms with van der Waals surface area (Å²) in [6, 6.07) is 7.36. The van der Waals surface area contributed by atoms with Crippen LogP contribution in [-0.2, 0) is 4.79 Å². The standard InChI is InChI=1S/C14H21NO3/c1-5-13(15(3)10(2)14(16)17)11-6-8-12(18-4)9-7-11/h6-10,13H,5H2,1-4H3,(H,16,17). The molecule has 2 unspecified atom stereocenters. The minimum Gasteiger partial charge on any atom is -0.497 e. The number of likely N-dealkylation sites (N-methyl/N-ethyl adjacent to an activating group) is 1. The maximum Gasteiger partial charge on any atom is 0.320 e. The van der Waals surface area contributed by atoms with Gasteiger partial charge in [0, 0.05) is 6.04 Å². The highest BCUT2D eigenvalue weighted by atomic mass is 16.5. The van der Waals surface area contributed by atoms with Gasteiger partial charge in [0.25, 0.3) is 0 Å². The Labute approximate surface area is 108 Å². The van der Waals surface area contributed by atoms with Gasteiger partial charge in [-0.05, 0) is 38.1 Å². The molecule has 0 radical (unpaired) electrons. The number of carboxylic acids is 1. The van der Waals surface area contributed by atoms with E-state index in [4.69, 9.17) is 9.84 Å². The fourth-order valence-corrected chi connectivity index (χ4v) is 2.03. The molecule has 1 rings (SSSR count). The molecule has 0 amide bonds. The Kier molecular flexibility index (Phi) is 5.16. The third kappa shape index (κ3) is 3.23. The maximum atomic E-state index is 11.0. The molecule has 0 heterocycles. The smallest absolute Gasteiger partial charge is 0.320 e. The van der Waals surface area contributed by atoms with E-state index in [1.54, 1.807) is 14.0 Å². The molecule has 1 N–H and O–H groups in total. The molecule has 0 aliphatic rings. The van der Waals surface area contributed by atoms with Gasteiger partial charge in [-0.15, -0.1) is 0 Å². The van der Waals surface area contributed by atoms with E-state index in [-0.39, 0.29) is 6.04 Å². The van der Waals surface area contributed by atoms with E-state index in [2.05, 4.69) is 6.92 Å². The quantitative estimate of drug-likeness (QED) is 0.844. The highest BCUT2D eigenvalue weighted by Crippen LogP contribution is 2.26. The fraction of sp³-hybridized carbons (Fsp3) is 0.500. The molecule has 0 saturated heterocycles. The number of hydrogen-bond acceptors (Lipinski definition) is 3. The molecule has 0 fully saturated rings. The Morgan fingerprint density at radius 1 is 1.39 bits per heavy atom. The summed E-state index contributed by atoms with van der Waals surface area (Å²) in [6.07, 6.45) is 0.862. The molecule has 1 aromatic rings. The number of carboxylic acid groups (broad SMARTS) is 1. The van der Waals surface area contributed by atoms with Crippen molar-refractivity contribution in [2.45, 2.75) is 32.4 Å². The lowest BCUT2D eigenvalue weighted by molar-refractivity contribution is -0.143. The van der Waals surface area contributed by atoms with E-state index in [1.165, 1.54) is 0 Å². The molecule has 0 aliphatic heterocycles. The third-order valence-electron chi connectivity index (χ3n) is 3.35. The van der Waals surface area contributed by atoms with Gasteiger partial charge in [0.1, 0.15) is 11.8 Å². The molecule has 100 valence electrons. The largest absolute Gasteiger partial charge is 0.497 e. The zero-order chi connectivity index (χ0) is 13.7. The molecule has 4 nitrogen and oxygen atoms in total. The molecule has 4 heteroatoms. The highest BCUT2D eigenvalue weighted by Gasteiger charge is 2.24. The SMILES string of the molecule is CCC(c1ccc(OC)cc1)N(C)C(C)C(=O)O. The molecular formula is C14H21NO3. The number of methoxy groups -OCH3 is 1. The minimum absolute atomic E-state index is 0.0991. The number of aliphatic carboxylic acids is 1. The third-order valence-corrected chi connectivity index (χ3v) is 3.35. The molecule has 0 bridgehead atoms. The first-order valence-corrected chi connectivity index (χ1v) is 6.10. The summed E-state index contributed by atoms with van der Waals surface area (Å²) in [5.41, 5.74) is 1.11. The second-order valence-corrected chi connectivity index (χ2v) is 4.38. The first kappa shape index (κ1) is 14.5. The monoisotopic (exact) mass is 251 g/mol. The molecule has 0 aliphatic carbocycles. The van der Waals surface area contributed by atoms with Crippen molar-refractivity contribution in [1.82, 2.24) is 4.90 Å². The molecule has 18 heavy (non-hydrogen) atoms. The second kappa shape index (κ2) is 6.40. The fourth-order valence-electron chi connectivity index (χ4n) is 2.03. The zero-order valence-corrected chi connectivity index (χ0v) is 11.4. The Bertz CT molecular complexity index is 389. The van der Waals surface area contributed by atoms with E-state index in [9.17, 15) is 4.79 Å². The van der Waals surface area contributed by atoms with Crippen LogP contribution in [0.25, 0.3) is 0 Å². The predicted molar refractivity (Wildman–Crippen MR) is 70.9 cm³/mol. The molecule has 0 spiro atoms. The van der Waals surface area contributed by atoms with Crippen LogP contribution in [0.3, 0.4) is 0 Å². The van der Waals surface area contributed by atoms with Crippen LogP contribution >= 0.6 is 0 Å². The maximum absolute atomic E-state index is 11.0. The highest BCUT2D eigenvalue weighted by molar-refractivity contribution is 5.72. The van der Waals surface area contributed by atoms with Gasteiger partial charge in [-0.3, -0.25) is 9.69 Å². The summed E-state index contributed by atoms with van der Waals surface area (Å²) in [4.78, 5) is 12.9. The van der Waals surface area contributed by atoms with Crippen molar-refractivity contribution in [3.05, 3.63) is 29.8 Å². The molecule has 0 aromatic heterocycles. The van der Waals surface area contributed by atoms with Gasteiger partial charge in [0.05, 0.1) is 7.11 Å². The summed E-state index contributed by atoms with van der Waals surface area (Å²) in [7, 11) is 3.47. The van der Waals surface area contributed by atoms with Gasteiger partial charge in [-0.25, -0.2) is 0 Å². The number of ether oxygens (including phenoxy) is 1. The van der Waals surface area contributed by atoms with Crippen LogP contribution in [-0.4, -0.2) is 36.2 Å². The lowest BCUT2D eigenvalue weighted by Gasteiger charge is -2.30. The van der Waals surface area contributed by atoms with Gasteiger partial charge in [-0.2, -0.15) is 0 Å². The lowest BCUT2D eigenvalue weighted by Crippen LogP contribution is -2.38. The van der Waals surface area contributed by atoms with E-state index >= 15 is 0 Å². The van der Waals surface area contributed by atoms with Crippen LogP contribution in [0.4, 0.5) is 0 Å². The second-order valence-electron chi connectivity index (χ2n) is 4.38. The molecule has 2 atom stereocenters. The van der Waals surface area contributed by atoms with Crippen LogP contribution in [0, 0.1) is 0 Å². The van der Waals surface area contributed by atoms with Gasteiger partial charge in [0.2, 0.25) is 0 Å². The molecule has 1 aromatic carbocycles. The zero-order valence-electron chi connectivity index (χ0n) is 11.4. The van der Waals surface area contributed by atoms with Gasteiger partial charge < -0.3 is 9.84 Å². The summed E-state index contributed by atoms with van der Waals surface area (Å²) in [6.45, 7) is 3.76. The number of nitrogens with zero attached hydrogens (tertiary/aromatic N) is 1. The average Bonchev–Trinajstić information content (AvgIpc) is 2.39. The van der Waals surface area contributed by atoms with Crippen LogP contribution in [0.1, 0.15) is 31.9 Å². The average molecular weight is 251 g/mol. The number of rotatable bonds is 6. The Balaban J connectivity index is 2.90. The van der Waals surface area contributed by atoms with Gasteiger partial charge in [0.15, 0.2) is 0 Å². The topological polar surface area (TPSA) is 49.8 Å². The van der Waals surface area contributed by atoms with Crippen LogP contribution < -0.4 is 4.74 Å². The van der Waals surface area contributed by atoms with Crippen LogP contribution in [0.2, 0.25) is 0 Å². The van der Waals surface area contributed by atoms with E-state index in [0.717, 1.165) is 17.7 Å². The lowest BCUT2D eigenvalue weighted by atomic mass is 10.0. The Hall–Kier alpha value is -1.55. The van der Waals surface area contributed by atoms with E-state index < -0.39 is 12.0 Å². The molecular weight excluding hydrogens is 230 g/mol. The normalized spacial score (nSPS) is 14.3. The van der Waals surface area contributed by atoms with Crippen molar-refractivity contribution in [3.8, 4) is 5.75 Å². The van der Waals surface area contributed by atoms with Crippen LogP contribution in [0.5, 0.6) is 5.75 Å². The van der Waals surface area contributed by atoms with Crippen molar-refractivity contribution >= 4 is 5.97 Å². The Morgan fingerprint density at radius 2 is 1.94 bits per heavy atom. The first-order chi connectivity index (χ1) is 8.51. The van der Waals surface area contributed by atoms with Crippen molar-refractivity contribution in [1.29, 1.82) is 0 Å². The first-order valence-electron chi connectivity index (χ1n) is 6.10. The van der Waals surface area contributed by atoms with Gasteiger partial charge in [-0.1, -0.05) is 19.1 Å². The Morgan fingerprint density at radius 3 is 2.33 bits per heavy atom. The molecule has 0 saturated carbocycles. The summed E-state index contributed by atoms with van der Waals surface area (Å²) in [5.74, 6) is 0.00648. The van der Waals surface area contributed by atoms with Crippen molar-refractivity contribution in [2.75, 3.05) is 14.2 Å². The van der Waals surface area contributed by atoms with E-state index in [1.807, 2.05) is 36.2 Å². The summed E-state index contributed by atoms with van der Waals surface area (Å²) >= 11 is 0. The predicted octanol–water partition coefficient (Wildman–Crippen LogP) is 2.55. The number of benzene rings is 1. The van der Waals surface area contributed by atoms with Crippen molar-refractivity contribution in [3.63, 3.8) is 0 Å². The van der Waals surface area contributed by atoms with Gasteiger partial charge >= 0.3 is 5.97 Å². The minimum atomic E-state index is -0.801. The van der Waals surface area contributed by atoms with E-state index in [0.29, 0.717) is 0 Å². The van der Waals surface area contributed by atoms with Crippen LogP contribution in [0.15, 0.2) is 24.3 Å². The summed E-state index contributed by atoms with van der Waals surface area (Å²) < 4.78 is 5.12. The van der Waals surface area contributed by atoms with Crippen molar-refractivity contribution in [2.24, 2.45) is 0 Å². The summed E-state index contributed by atoms with van der Waals surface area (Å²) in [5, 5.41) is 9.06. The van der Waals surface area contributed by atoms with Crippen molar-refractivity contribution < 1.29 is 14.6 Å². The number of hydrogen-bond donors (Lipinski definition) is 1.